The smallest absolute Gasteiger partial charge is 0.237 e. The van der Waals surface area contributed by atoms with Crippen LogP contribution in [0.5, 0.6) is 0 Å². The van der Waals surface area contributed by atoms with E-state index in [1.54, 1.807) is 6.07 Å². The lowest BCUT2D eigenvalue weighted by Crippen LogP contribution is -2.22. The number of pyridine rings is 1. The summed E-state index contributed by atoms with van der Waals surface area (Å²) in [4.78, 5) is 17.1. The zero-order chi connectivity index (χ0) is 19.3. The van der Waals surface area contributed by atoms with Gasteiger partial charge in [-0.2, -0.15) is 5.26 Å². The van der Waals surface area contributed by atoms with Crippen molar-refractivity contribution in [3.8, 4) is 6.07 Å². The van der Waals surface area contributed by atoms with Crippen molar-refractivity contribution in [2.75, 3.05) is 5.32 Å². The fourth-order valence-electron chi connectivity index (χ4n) is 2.47. The Morgan fingerprint density at radius 3 is 2.54 bits per heavy atom. The van der Waals surface area contributed by atoms with Crippen LogP contribution in [-0.4, -0.2) is 16.1 Å². The van der Waals surface area contributed by atoms with Gasteiger partial charge in [0.1, 0.15) is 11.1 Å². The Morgan fingerprint density at radius 2 is 1.92 bits per heavy atom. The number of amides is 1. The topological polar surface area (TPSA) is 65.8 Å². The molecule has 26 heavy (non-hydrogen) atoms. The highest BCUT2D eigenvalue weighted by atomic mass is 32.2. The maximum Gasteiger partial charge on any atom is 0.237 e. The molecule has 1 aromatic heterocycles. The van der Waals surface area contributed by atoms with Gasteiger partial charge < -0.3 is 5.32 Å². The first-order valence-corrected chi connectivity index (χ1v) is 9.63. The number of carbonyl (C=O) groups excluding carboxylic acids is 1. The Bertz CT molecular complexity index is 840. The van der Waals surface area contributed by atoms with Gasteiger partial charge in [-0.05, 0) is 68.5 Å². The van der Waals surface area contributed by atoms with E-state index < -0.39 is 0 Å². The summed E-state index contributed by atoms with van der Waals surface area (Å²) in [5.41, 5.74) is 4.57. The van der Waals surface area contributed by atoms with E-state index in [-0.39, 0.29) is 11.2 Å². The number of aryl methyl sites for hydroxylation is 2. The van der Waals surface area contributed by atoms with Gasteiger partial charge in [0, 0.05) is 11.4 Å². The summed E-state index contributed by atoms with van der Waals surface area (Å²) in [6.45, 7) is 10.2. The van der Waals surface area contributed by atoms with Gasteiger partial charge in [-0.3, -0.25) is 4.79 Å². The van der Waals surface area contributed by atoms with Crippen LogP contribution >= 0.6 is 11.8 Å². The molecule has 2 aromatic rings. The first-order chi connectivity index (χ1) is 12.3. The van der Waals surface area contributed by atoms with Gasteiger partial charge in [0.15, 0.2) is 0 Å². The van der Waals surface area contributed by atoms with Crippen molar-refractivity contribution in [1.82, 2.24) is 4.98 Å². The molecule has 5 heteroatoms. The van der Waals surface area contributed by atoms with E-state index in [4.69, 9.17) is 0 Å². The minimum Gasteiger partial charge on any atom is -0.325 e. The number of carbonyl (C=O) groups is 1. The van der Waals surface area contributed by atoms with Crippen LogP contribution in [-0.2, 0) is 11.2 Å². The molecule has 0 radical (unpaired) electrons. The van der Waals surface area contributed by atoms with Crippen LogP contribution in [0.3, 0.4) is 0 Å². The van der Waals surface area contributed by atoms with Crippen molar-refractivity contribution < 1.29 is 4.79 Å². The largest absolute Gasteiger partial charge is 0.325 e. The summed E-state index contributed by atoms with van der Waals surface area (Å²) in [6, 6.07) is 11.7. The second kappa shape index (κ2) is 8.86. The molecule has 0 saturated carbocycles. The molecule has 1 amide bonds. The molecule has 136 valence electrons. The highest BCUT2D eigenvalue weighted by molar-refractivity contribution is 8.00. The highest BCUT2D eigenvalue weighted by Gasteiger charge is 2.18. The first kappa shape index (κ1) is 20.0. The number of hydrogen-bond donors (Lipinski definition) is 1. The molecule has 0 aliphatic carbocycles. The molecule has 1 N–H and O–H groups in total. The Kier molecular flexibility index (Phi) is 6.82. The summed E-state index contributed by atoms with van der Waals surface area (Å²) in [7, 11) is 0. The molecule has 1 heterocycles. The molecule has 0 saturated heterocycles. The molecule has 0 spiro atoms. The second-order valence-corrected chi connectivity index (χ2v) is 8.24. The maximum absolute atomic E-state index is 12.5. The molecule has 0 bridgehead atoms. The normalized spacial score (nSPS) is 11.9. The van der Waals surface area contributed by atoms with E-state index in [0.717, 1.165) is 23.4 Å². The molecule has 2 rings (SSSR count). The van der Waals surface area contributed by atoms with Crippen LogP contribution in [0.15, 0.2) is 35.4 Å². The summed E-state index contributed by atoms with van der Waals surface area (Å²) in [5.74, 6) is 0.386. The predicted molar refractivity (Wildman–Crippen MR) is 107 cm³/mol. The Morgan fingerprint density at radius 1 is 1.19 bits per heavy atom. The summed E-state index contributed by atoms with van der Waals surface area (Å²) >= 11 is 1.33. The van der Waals surface area contributed by atoms with Crippen molar-refractivity contribution in [2.45, 2.75) is 51.3 Å². The molecular weight excluding hydrogens is 342 g/mol. The third-order valence-electron chi connectivity index (χ3n) is 4.09. The monoisotopic (exact) mass is 367 g/mol. The third kappa shape index (κ3) is 5.34. The quantitative estimate of drug-likeness (QED) is 0.738. The Balaban J connectivity index is 2.12. The summed E-state index contributed by atoms with van der Waals surface area (Å²) in [5, 5.41) is 12.5. The highest BCUT2D eigenvalue weighted by Crippen LogP contribution is 2.27. The molecule has 0 aliphatic rings. The van der Waals surface area contributed by atoms with Crippen LogP contribution in [0.4, 0.5) is 5.69 Å². The number of aromatic nitrogens is 1. The Labute approximate surface area is 160 Å². The van der Waals surface area contributed by atoms with Gasteiger partial charge >= 0.3 is 0 Å². The van der Waals surface area contributed by atoms with Crippen molar-refractivity contribution in [1.29, 1.82) is 5.26 Å². The third-order valence-corrected chi connectivity index (χ3v) is 5.19. The van der Waals surface area contributed by atoms with Gasteiger partial charge in [-0.25, -0.2) is 4.98 Å². The number of anilines is 1. The number of rotatable bonds is 6. The van der Waals surface area contributed by atoms with Gasteiger partial charge in [-0.15, -0.1) is 0 Å². The van der Waals surface area contributed by atoms with Crippen LogP contribution in [0.25, 0.3) is 0 Å². The van der Waals surface area contributed by atoms with E-state index in [9.17, 15) is 10.1 Å². The SMILES string of the molecule is Cc1ccc(NC(=O)C(C)Sc2nc(CC(C)C)ccc2C#N)cc1C. The minimum absolute atomic E-state index is 0.0989. The average Bonchev–Trinajstić information content (AvgIpc) is 2.58. The van der Waals surface area contributed by atoms with Crippen LogP contribution in [0.2, 0.25) is 0 Å². The fourth-order valence-corrected chi connectivity index (χ4v) is 3.38. The van der Waals surface area contributed by atoms with E-state index >= 15 is 0 Å². The van der Waals surface area contributed by atoms with Crippen molar-refractivity contribution in [3.63, 3.8) is 0 Å². The number of benzene rings is 1. The number of thioether (sulfide) groups is 1. The molecule has 1 aromatic carbocycles. The molecule has 1 atom stereocenters. The van der Waals surface area contributed by atoms with Gasteiger partial charge in [0.25, 0.3) is 0 Å². The molecule has 4 nitrogen and oxygen atoms in total. The lowest BCUT2D eigenvalue weighted by Gasteiger charge is -2.14. The minimum atomic E-state index is -0.356. The summed E-state index contributed by atoms with van der Waals surface area (Å²) in [6.07, 6.45) is 0.850. The Hall–Kier alpha value is -2.32. The predicted octanol–water partition coefficient (Wildman–Crippen LogP) is 4.89. The fraction of sp³-hybridized carbons (Fsp3) is 0.381. The standard InChI is InChI=1S/C21H25N3OS/c1-13(2)10-18-9-7-17(12-22)21(24-18)26-16(5)20(25)23-19-8-6-14(3)15(4)11-19/h6-9,11,13,16H,10H2,1-5H3,(H,23,25). The van der Waals surface area contributed by atoms with E-state index in [1.165, 1.54) is 17.3 Å². The lowest BCUT2D eigenvalue weighted by molar-refractivity contribution is -0.115. The van der Waals surface area contributed by atoms with Crippen LogP contribution in [0.1, 0.15) is 43.2 Å². The molecule has 1 unspecified atom stereocenters. The van der Waals surface area contributed by atoms with Gasteiger partial charge in [-0.1, -0.05) is 31.7 Å². The zero-order valence-electron chi connectivity index (χ0n) is 16.0. The summed E-state index contributed by atoms with van der Waals surface area (Å²) < 4.78 is 0. The maximum atomic E-state index is 12.5. The molecule has 0 aliphatic heterocycles. The number of nitrogens with one attached hydrogen (secondary N) is 1. The van der Waals surface area contributed by atoms with Crippen molar-refractivity contribution >= 4 is 23.4 Å². The number of nitriles is 1. The van der Waals surface area contributed by atoms with Gasteiger partial charge in [0.2, 0.25) is 5.91 Å². The average molecular weight is 368 g/mol. The van der Waals surface area contributed by atoms with Crippen molar-refractivity contribution in [3.05, 3.63) is 52.7 Å². The van der Waals surface area contributed by atoms with E-state index in [2.05, 4.69) is 30.2 Å². The molecular formula is C21H25N3OS. The van der Waals surface area contributed by atoms with Crippen molar-refractivity contribution in [2.24, 2.45) is 5.92 Å². The first-order valence-electron chi connectivity index (χ1n) is 8.75. The lowest BCUT2D eigenvalue weighted by atomic mass is 10.1. The number of hydrogen-bond acceptors (Lipinski definition) is 4. The van der Waals surface area contributed by atoms with Crippen LogP contribution < -0.4 is 5.32 Å². The van der Waals surface area contributed by atoms with Gasteiger partial charge in [0.05, 0.1) is 10.8 Å². The number of nitrogens with zero attached hydrogens (tertiary/aromatic N) is 2. The van der Waals surface area contributed by atoms with Crippen LogP contribution in [0, 0.1) is 31.1 Å². The molecule has 0 fully saturated rings. The van der Waals surface area contributed by atoms with E-state index in [1.807, 2.05) is 45.0 Å². The van der Waals surface area contributed by atoms with E-state index in [0.29, 0.717) is 16.5 Å². The second-order valence-electron chi connectivity index (χ2n) is 6.91. The zero-order valence-corrected chi connectivity index (χ0v) is 16.8.